The second kappa shape index (κ2) is 6.92. The molecule has 1 saturated heterocycles. The van der Waals surface area contributed by atoms with E-state index in [4.69, 9.17) is 4.74 Å². The van der Waals surface area contributed by atoms with E-state index in [1.165, 1.54) is 17.2 Å². The number of carbonyl (C=O) groups excluding carboxylic acids is 2. The molecule has 1 atom stereocenters. The summed E-state index contributed by atoms with van der Waals surface area (Å²) in [5.41, 5.74) is 0. The van der Waals surface area contributed by atoms with E-state index in [1.807, 2.05) is 0 Å². The zero-order valence-corrected chi connectivity index (χ0v) is 11.9. The fraction of sp³-hybridized carbons (Fsp3) is 0.500. The number of aromatic nitrogens is 1. The molecular formula is C14H19N3O4. The molecule has 1 fully saturated rings. The molecule has 1 aliphatic heterocycles. The van der Waals surface area contributed by atoms with Crippen LogP contribution in [0, 0.1) is 5.92 Å². The van der Waals surface area contributed by atoms with E-state index in [9.17, 15) is 14.7 Å². The summed E-state index contributed by atoms with van der Waals surface area (Å²) in [5, 5.41) is 12.2. The summed E-state index contributed by atoms with van der Waals surface area (Å²) in [6.45, 7) is 2.97. The van der Waals surface area contributed by atoms with Crippen LogP contribution in [-0.2, 0) is 9.53 Å². The lowest BCUT2D eigenvalue weighted by molar-refractivity contribution is -0.121. The Bertz CT molecular complexity index is 521. The van der Waals surface area contributed by atoms with Gasteiger partial charge < -0.3 is 20.1 Å². The molecule has 0 saturated carbocycles. The predicted octanol–water partition coefficient (Wildman–Crippen LogP) is 1.59. The van der Waals surface area contributed by atoms with Crippen LogP contribution in [0.25, 0.3) is 0 Å². The molecule has 0 aliphatic carbocycles. The van der Waals surface area contributed by atoms with Crippen LogP contribution < -0.4 is 5.32 Å². The van der Waals surface area contributed by atoms with E-state index in [1.54, 1.807) is 13.0 Å². The van der Waals surface area contributed by atoms with Crippen molar-refractivity contribution in [2.75, 3.05) is 25.0 Å². The number of likely N-dealkylation sites (tertiary alicyclic amines) is 1. The van der Waals surface area contributed by atoms with Gasteiger partial charge in [-0.05, 0) is 31.9 Å². The van der Waals surface area contributed by atoms with Crippen molar-refractivity contribution in [2.24, 2.45) is 5.92 Å². The number of amides is 2. The second-order valence-electron chi connectivity index (χ2n) is 4.84. The molecule has 2 N–H and O–H groups in total. The molecule has 7 heteroatoms. The number of pyridine rings is 1. The molecule has 2 rings (SSSR count). The highest BCUT2D eigenvalue weighted by atomic mass is 16.6. The van der Waals surface area contributed by atoms with Gasteiger partial charge in [0.1, 0.15) is 0 Å². The lowest BCUT2D eigenvalue weighted by Gasteiger charge is -2.31. The molecule has 2 amide bonds. The Morgan fingerprint density at radius 1 is 1.57 bits per heavy atom. The third-order valence-corrected chi connectivity index (χ3v) is 3.35. The van der Waals surface area contributed by atoms with E-state index >= 15 is 0 Å². The molecule has 0 bridgehead atoms. The minimum Gasteiger partial charge on any atom is -0.504 e. The normalized spacial score (nSPS) is 18.1. The zero-order valence-electron chi connectivity index (χ0n) is 11.9. The first-order chi connectivity index (χ1) is 10.1. The average molecular weight is 293 g/mol. The fourth-order valence-corrected chi connectivity index (χ4v) is 2.28. The van der Waals surface area contributed by atoms with Crippen LogP contribution in [0.1, 0.15) is 19.8 Å². The summed E-state index contributed by atoms with van der Waals surface area (Å²) < 4.78 is 4.95. The molecule has 114 valence electrons. The van der Waals surface area contributed by atoms with Gasteiger partial charge in [0.2, 0.25) is 5.91 Å². The number of nitrogens with zero attached hydrogens (tertiary/aromatic N) is 2. The van der Waals surface area contributed by atoms with Crippen LogP contribution >= 0.6 is 0 Å². The fourth-order valence-electron chi connectivity index (χ4n) is 2.28. The Hall–Kier alpha value is -2.31. The third-order valence-electron chi connectivity index (χ3n) is 3.35. The Morgan fingerprint density at radius 2 is 2.38 bits per heavy atom. The highest BCUT2D eigenvalue weighted by Crippen LogP contribution is 2.22. The molecular weight excluding hydrogens is 274 g/mol. The molecule has 1 aromatic heterocycles. The Morgan fingerprint density at radius 3 is 3.10 bits per heavy atom. The molecule has 2 heterocycles. The summed E-state index contributed by atoms with van der Waals surface area (Å²) in [6, 6.07) is 3.03. The number of anilines is 1. The van der Waals surface area contributed by atoms with Gasteiger partial charge in [-0.1, -0.05) is 0 Å². The lowest BCUT2D eigenvalue weighted by atomic mass is 9.97. The number of hydrogen-bond acceptors (Lipinski definition) is 5. The first-order valence-corrected chi connectivity index (χ1v) is 6.98. The van der Waals surface area contributed by atoms with Gasteiger partial charge in [0.05, 0.1) is 12.5 Å². The average Bonchev–Trinajstić information content (AvgIpc) is 2.50. The molecule has 1 aromatic rings. The number of nitrogens with one attached hydrogen (secondary N) is 1. The van der Waals surface area contributed by atoms with Gasteiger partial charge in [-0.3, -0.25) is 4.79 Å². The Balaban J connectivity index is 1.96. The van der Waals surface area contributed by atoms with E-state index < -0.39 is 6.09 Å². The van der Waals surface area contributed by atoms with Crippen molar-refractivity contribution in [3.63, 3.8) is 0 Å². The Labute approximate surface area is 122 Å². The second-order valence-corrected chi connectivity index (χ2v) is 4.84. The van der Waals surface area contributed by atoms with Crippen LogP contribution in [0.5, 0.6) is 5.75 Å². The highest BCUT2D eigenvalue weighted by molar-refractivity contribution is 5.93. The van der Waals surface area contributed by atoms with Crippen LogP contribution in [0.15, 0.2) is 18.3 Å². The third kappa shape index (κ3) is 3.84. The van der Waals surface area contributed by atoms with Crippen LogP contribution in [0.3, 0.4) is 0 Å². The topological polar surface area (TPSA) is 91.8 Å². The van der Waals surface area contributed by atoms with E-state index in [-0.39, 0.29) is 23.4 Å². The zero-order chi connectivity index (χ0) is 15.2. The standard InChI is InChI=1S/C14H19N3O4/c1-2-21-14(20)17-8-4-5-10(9-17)13(19)16-12-11(18)6-3-7-15-12/h3,6-7,10,18H,2,4-5,8-9H2,1H3,(H,15,16,19)/t10-/m1/s1. The van der Waals surface area contributed by atoms with Crippen molar-refractivity contribution in [1.29, 1.82) is 0 Å². The lowest BCUT2D eigenvalue weighted by Crippen LogP contribution is -2.44. The van der Waals surface area contributed by atoms with E-state index in [0.717, 1.165) is 6.42 Å². The van der Waals surface area contributed by atoms with Gasteiger partial charge >= 0.3 is 6.09 Å². The van der Waals surface area contributed by atoms with Gasteiger partial charge in [0.25, 0.3) is 0 Å². The molecule has 0 spiro atoms. The Kier molecular flexibility index (Phi) is 4.97. The highest BCUT2D eigenvalue weighted by Gasteiger charge is 2.29. The molecule has 7 nitrogen and oxygen atoms in total. The van der Waals surface area contributed by atoms with Gasteiger partial charge in [0.15, 0.2) is 11.6 Å². The predicted molar refractivity (Wildman–Crippen MR) is 75.9 cm³/mol. The largest absolute Gasteiger partial charge is 0.504 e. The quantitative estimate of drug-likeness (QED) is 0.883. The monoisotopic (exact) mass is 293 g/mol. The SMILES string of the molecule is CCOC(=O)N1CCC[C@@H](C(=O)Nc2ncccc2O)C1. The van der Waals surface area contributed by atoms with Crippen molar-refractivity contribution in [2.45, 2.75) is 19.8 Å². The van der Waals surface area contributed by atoms with Crippen molar-refractivity contribution in [3.8, 4) is 5.75 Å². The number of carbonyl (C=O) groups is 2. The van der Waals surface area contributed by atoms with E-state index in [0.29, 0.717) is 26.1 Å². The van der Waals surface area contributed by atoms with Crippen molar-refractivity contribution >= 4 is 17.8 Å². The van der Waals surface area contributed by atoms with Crippen molar-refractivity contribution in [3.05, 3.63) is 18.3 Å². The molecule has 0 aromatic carbocycles. The maximum atomic E-state index is 12.2. The number of ether oxygens (including phenoxy) is 1. The number of piperidine rings is 1. The first-order valence-electron chi connectivity index (χ1n) is 6.98. The summed E-state index contributed by atoms with van der Waals surface area (Å²) in [4.78, 5) is 29.3. The molecule has 0 radical (unpaired) electrons. The van der Waals surface area contributed by atoms with Gasteiger partial charge in [-0.15, -0.1) is 0 Å². The van der Waals surface area contributed by atoms with E-state index in [2.05, 4.69) is 10.3 Å². The molecule has 0 unspecified atom stereocenters. The van der Waals surface area contributed by atoms with Crippen LogP contribution in [-0.4, -0.2) is 46.7 Å². The first kappa shape index (κ1) is 15.1. The van der Waals surface area contributed by atoms with Gasteiger partial charge in [-0.2, -0.15) is 0 Å². The minimum absolute atomic E-state index is 0.0797. The smallest absolute Gasteiger partial charge is 0.409 e. The summed E-state index contributed by atoms with van der Waals surface area (Å²) in [7, 11) is 0. The number of aromatic hydroxyl groups is 1. The number of hydrogen-bond donors (Lipinski definition) is 2. The summed E-state index contributed by atoms with van der Waals surface area (Å²) in [6.07, 6.45) is 2.53. The van der Waals surface area contributed by atoms with Gasteiger partial charge in [-0.25, -0.2) is 9.78 Å². The minimum atomic E-state index is -0.393. The van der Waals surface area contributed by atoms with Crippen LogP contribution in [0.4, 0.5) is 10.6 Å². The maximum absolute atomic E-state index is 12.2. The summed E-state index contributed by atoms with van der Waals surface area (Å²) >= 11 is 0. The van der Waals surface area contributed by atoms with Crippen LogP contribution in [0.2, 0.25) is 0 Å². The van der Waals surface area contributed by atoms with Gasteiger partial charge in [0, 0.05) is 19.3 Å². The molecule has 21 heavy (non-hydrogen) atoms. The van der Waals surface area contributed by atoms with Crippen molar-refractivity contribution in [1.82, 2.24) is 9.88 Å². The molecule has 1 aliphatic rings. The van der Waals surface area contributed by atoms with Crippen molar-refractivity contribution < 1.29 is 19.4 Å². The number of rotatable bonds is 3. The maximum Gasteiger partial charge on any atom is 0.409 e. The summed E-state index contributed by atoms with van der Waals surface area (Å²) in [5.74, 6) is -0.526.